The summed E-state index contributed by atoms with van der Waals surface area (Å²) in [7, 11) is -1.07. The fourth-order valence-electron chi connectivity index (χ4n) is 3.87. The summed E-state index contributed by atoms with van der Waals surface area (Å²) in [4.78, 5) is 28.0. The van der Waals surface area contributed by atoms with Crippen LogP contribution in [0.3, 0.4) is 0 Å². The van der Waals surface area contributed by atoms with Crippen LogP contribution in [0.25, 0.3) is 0 Å². The zero-order chi connectivity index (χ0) is 27.7. The molecule has 0 aliphatic heterocycles. The van der Waals surface area contributed by atoms with Gasteiger partial charge in [0.05, 0.1) is 24.8 Å². The second kappa shape index (κ2) is 13.0. The van der Waals surface area contributed by atoms with E-state index in [-0.39, 0.29) is 23.0 Å². The van der Waals surface area contributed by atoms with Gasteiger partial charge < -0.3 is 19.7 Å². The summed E-state index contributed by atoms with van der Waals surface area (Å²) in [6, 6.07) is 20.6. The molecule has 0 spiro atoms. The number of nitrogens with zero attached hydrogens (tertiary/aromatic N) is 2. The van der Waals surface area contributed by atoms with E-state index in [1.54, 1.807) is 81.6 Å². The highest BCUT2D eigenvalue weighted by molar-refractivity contribution is 7.92. The van der Waals surface area contributed by atoms with Crippen LogP contribution in [0.5, 0.6) is 11.5 Å². The van der Waals surface area contributed by atoms with E-state index in [0.717, 1.165) is 9.87 Å². The number of methoxy groups -OCH3 is 2. The van der Waals surface area contributed by atoms with Gasteiger partial charge in [-0.15, -0.1) is 0 Å². The molecule has 0 aliphatic carbocycles. The third-order valence-electron chi connectivity index (χ3n) is 5.98. The lowest BCUT2D eigenvalue weighted by molar-refractivity contribution is -0.139. The van der Waals surface area contributed by atoms with Gasteiger partial charge in [0.1, 0.15) is 24.1 Å². The number of benzene rings is 3. The van der Waals surface area contributed by atoms with Gasteiger partial charge in [0.2, 0.25) is 11.8 Å². The number of sulfonamides is 1. The molecule has 202 valence electrons. The number of anilines is 1. The van der Waals surface area contributed by atoms with E-state index < -0.39 is 28.5 Å². The maximum atomic E-state index is 13.8. The maximum Gasteiger partial charge on any atom is 0.264 e. The van der Waals surface area contributed by atoms with Gasteiger partial charge >= 0.3 is 0 Å². The molecular formula is C28H33N3O6S. The van der Waals surface area contributed by atoms with Crippen molar-refractivity contribution in [2.24, 2.45) is 0 Å². The largest absolute Gasteiger partial charge is 0.497 e. The first-order valence-electron chi connectivity index (χ1n) is 12.1. The number of carbonyl (C=O) groups excluding carboxylic acids is 2. The molecule has 0 saturated heterocycles. The molecule has 0 saturated carbocycles. The number of rotatable bonds is 12. The van der Waals surface area contributed by atoms with Gasteiger partial charge in [0.15, 0.2) is 0 Å². The molecule has 0 bridgehead atoms. The number of hydrogen-bond acceptors (Lipinski definition) is 6. The van der Waals surface area contributed by atoms with E-state index in [2.05, 4.69) is 5.32 Å². The summed E-state index contributed by atoms with van der Waals surface area (Å²) >= 11 is 0. The Morgan fingerprint density at radius 3 is 2.16 bits per heavy atom. The molecule has 3 aromatic rings. The molecule has 3 rings (SSSR count). The number of amides is 2. The molecule has 1 atom stereocenters. The second-order valence-electron chi connectivity index (χ2n) is 8.47. The highest BCUT2D eigenvalue weighted by atomic mass is 32.2. The second-order valence-corrected chi connectivity index (χ2v) is 10.3. The molecular weight excluding hydrogens is 506 g/mol. The lowest BCUT2D eigenvalue weighted by Gasteiger charge is -2.32. The molecule has 2 amide bonds. The van der Waals surface area contributed by atoms with Crippen molar-refractivity contribution in [1.82, 2.24) is 10.2 Å². The van der Waals surface area contributed by atoms with Crippen LogP contribution in [-0.2, 0) is 26.2 Å². The molecule has 0 radical (unpaired) electrons. The third-order valence-corrected chi connectivity index (χ3v) is 7.76. The Kier molecular flexibility index (Phi) is 9.72. The standard InChI is InChI=1S/C28H33N3O6S/c1-5-29-28(33)21(2)30(19-22-10-9-11-25(18-22)37-4)27(32)20-31(23-14-16-24(36-3)17-15-23)38(34,35)26-12-7-6-8-13-26/h6-18,21H,5,19-20H2,1-4H3,(H,29,33)/t21-/m0/s1. The Bertz CT molecular complexity index is 1330. The van der Waals surface area contributed by atoms with Gasteiger partial charge in [-0.1, -0.05) is 30.3 Å². The fourth-order valence-corrected chi connectivity index (χ4v) is 5.30. The maximum absolute atomic E-state index is 13.8. The predicted octanol–water partition coefficient (Wildman–Crippen LogP) is 3.45. The minimum Gasteiger partial charge on any atom is -0.497 e. The van der Waals surface area contributed by atoms with Crippen LogP contribution in [0.15, 0.2) is 83.8 Å². The van der Waals surface area contributed by atoms with Crippen LogP contribution >= 0.6 is 0 Å². The van der Waals surface area contributed by atoms with Crippen molar-refractivity contribution in [3.63, 3.8) is 0 Å². The van der Waals surface area contributed by atoms with Gasteiger partial charge in [-0.3, -0.25) is 13.9 Å². The number of ether oxygens (including phenoxy) is 2. The topological polar surface area (TPSA) is 105 Å². The molecule has 1 N–H and O–H groups in total. The van der Waals surface area contributed by atoms with Crippen LogP contribution in [-0.4, -0.2) is 58.5 Å². The van der Waals surface area contributed by atoms with Gasteiger partial charge in [-0.05, 0) is 67.9 Å². The summed E-state index contributed by atoms with van der Waals surface area (Å²) in [6.45, 7) is 3.36. The molecule has 0 heterocycles. The monoisotopic (exact) mass is 539 g/mol. The number of carbonyl (C=O) groups is 2. The summed E-state index contributed by atoms with van der Waals surface area (Å²) in [6.07, 6.45) is 0. The zero-order valence-corrected chi connectivity index (χ0v) is 22.8. The molecule has 3 aromatic carbocycles. The fraction of sp³-hybridized carbons (Fsp3) is 0.286. The van der Waals surface area contributed by atoms with E-state index in [9.17, 15) is 18.0 Å². The quantitative estimate of drug-likeness (QED) is 0.378. The Labute approximate surface area is 224 Å². The zero-order valence-electron chi connectivity index (χ0n) is 22.0. The van der Waals surface area contributed by atoms with Crippen LogP contribution in [0.1, 0.15) is 19.4 Å². The summed E-state index contributed by atoms with van der Waals surface area (Å²) in [5.41, 5.74) is 1.02. The van der Waals surface area contributed by atoms with Crippen LogP contribution < -0.4 is 19.1 Å². The predicted molar refractivity (Wildman–Crippen MR) is 146 cm³/mol. The first kappa shape index (κ1) is 28.5. The SMILES string of the molecule is CCNC(=O)[C@H](C)N(Cc1cccc(OC)c1)C(=O)CN(c1ccc(OC)cc1)S(=O)(=O)c1ccccc1. The smallest absolute Gasteiger partial charge is 0.264 e. The molecule has 0 aliphatic rings. The average Bonchev–Trinajstić information content (AvgIpc) is 2.94. The Morgan fingerprint density at radius 2 is 1.55 bits per heavy atom. The lowest BCUT2D eigenvalue weighted by Crippen LogP contribution is -2.51. The number of likely N-dealkylation sites (N-methyl/N-ethyl adjacent to an activating group) is 1. The Morgan fingerprint density at radius 1 is 0.895 bits per heavy atom. The highest BCUT2D eigenvalue weighted by Gasteiger charge is 2.32. The summed E-state index contributed by atoms with van der Waals surface area (Å²) < 4.78 is 39.0. The molecule has 10 heteroatoms. The first-order chi connectivity index (χ1) is 18.2. The van der Waals surface area contributed by atoms with E-state index in [4.69, 9.17) is 9.47 Å². The number of nitrogens with one attached hydrogen (secondary N) is 1. The molecule has 0 unspecified atom stereocenters. The van der Waals surface area contributed by atoms with Crippen LogP contribution in [0.2, 0.25) is 0 Å². The third kappa shape index (κ3) is 6.83. The molecule has 0 fully saturated rings. The van der Waals surface area contributed by atoms with E-state index in [1.165, 1.54) is 24.1 Å². The average molecular weight is 540 g/mol. The van der Waals surface area contributed by atoms with E-state index >= 15 is 0 Å². The van der Waals surface area contributed by atoms with Gasteiger partial charge in [0, 0.05) is 13.1 Å². The van der Waals surface area contributed by atoms with Crippen LogP contribution in [0.4, 0.5) is 5.69 Å². The van der Waals surface area contributed by atoms with E-state index in [0.29, 0.717) is 18.0 Å². The van der Waals surface area contributed by atoms with Crippen molar-refractivity contribution < 1.29 is 27.5 Å². The summed E-state index contributed by atoms with van der Waals surface area (Å²) in [5, 5.41) is 2.74. The van der Waals surface area contributed by atoms with Crippen molar-refractivity contribution in [2.45, 2.75) is 31.3 Å². The van der Waals surface area contributed by atoms with Gasteiger partial charge in [0.25, 0.3) is 10.0 Å². The van der Waals surface area contributed by atoms with Crippen molar-refractivity contribution in [3.05, 3.63) is 84.4 Å². The van der Waals surface area contributed by atoms with Crippen molar-refractivity contribution >= 4 is 27.5 Å². The normalized spacial score (nSPS) is 11.8. The number of hydrogen-bond donors (Lipinski definition) is 1. The lowest BCUT2D eigenvalue weighted by atomic mass is 10.1. The minimum absolute atomic E-state index is 0.0414. The Hall–Kier alpha value is -4.05. The molecule has 9 nitrogen and oxygen atoms in total. The van der Waals surface area contributed by atoms with Gasteiger partial charge in [-0.2, -0.15) is 0 Å². The van der Waals surface area contributed by atoms with Crippen molar-refractivity contribution in [2.75, 3.05) is 31.6 Å². The summed E-state index contributed by atoms with van der Waals surface area (Å²) in [5.74, 6) is 0.265. The van der Waals surface area contributed by atoms with E-state index in [1.807, 2.05) is 6.07 Å². The first-order valence-corrected chi connectivity index (χ1v) is 13.6. The minimum atomic E-state index is -4.12. The van der Waals surface area contributed by atoms with Gasteiger partial charge in [-0.25, -0.2) is 8.42 Å². The highest BCUT2D eigenvalue weighted by Crippen LogP contribution is 2.26. The van der Waals surface area contributed by atoms with Crippen molar-refractivity contribution in [1.29, 1.82) is 0 Å². The van der Waals surface area contributed by atoms with Crippen molar-refractivity contribution in [3.8, 4) is 11.5 Å². The molecule has 38 heavy (non-hydrogen) atoms. The molecule has 0 aromatic heterocycles. The van der Waals surface area contributed by atoms with Crippen LogP contribution in [0, 0.1) is 0 Å². The Balaban J connectivity index is 2.02.